The molecule has 23 heavy (non-hydrogen) atoms. The Labute approximate surface area is 141 Å². The van der Waals surface area contributed by atoms with Crippen molar-refractivity contribution >= 4 is 34.7 Å². The Hall–Kier alpha value is -2.38. The number of aromatic nitrogens is 3. The van der Waals surface area contributed by atoms with E-state index in [9.17, 15) is 4.79 Å². The lowest BCUT2D eigenvalue weighted by Gasteiger charge is -2.02. The van der Waals surface area contributed by atoms with E-state index in [4.69, 9.17) is 17.3 Å². The molecule has 2 aromatic heterocycles. The number of anilines is 1. The van der Waals surface area contributed by atoms with Crippen LogP contribution in [0.15, 0.2) is 35.8 Å². The van der Waals surface area contributed by atoms with Crippen LogP contribution in [-0.4, -0.2) is 20.6 Å². The van der Waals surface area contributed by atoms with Crippen molar-refractivity contribution in [1.29, 1.82) is 0 Å². The molecule has 0 saturated heterocycles. The van der Waals surface area contributed by atoms with Crippen molar-refractivity contribution < 1.29 is 4.79 Å². The van der Waals surface area contributed by atoms with Gasteiger partial charge in [-0.05, 0) is 12.1 Å². The van der Waals surface area contributed by atoms with E-state index in [1.165, 1.54) is 0 Å². The van der Waals surface area contributed by atoms with Crippen LogP contribution in [0, 0.1) is 0 Å². The maximum Gasteiger partial charge on any atom is 0.316 e. The number of halogens is 1. The standard InChI is InChI=1S/C15H14ClN5OS/c1-21-12(16)7-18-13(21)6-14-20-11(8-23-14)9-2-4-10(5-3-9)19-15(17)22/h2-5,7-8H,6H2,1H3,(H3,17,19,22). The molecule has 2 amide bonds. The van der Waals surface area contributed by atoms with Crippen LogP contribution in [0.4, 0.5) is 10.5 Å². The number of primary amides is 1. The van der Waals surface area contributed by atoms with E-state index in [0.29, 0.717) is 17.3 Å². The summed E-state index contributed by atoms with van der Waals surface area (Å²) in [6.07, 6.45) is 2.27. The molecule has 118 valence electrons. The molecule has 0 aliphatic heterocycles. The van der Waals surface area contributed by atoms with E-state index < -0.39 is 6.03 Å². The summed E-state index contributed by atoms with van der Waals surface area (Å²) in [6, 6.07) is 6.78. The SMILES string of the molecule is Cn1c(Cl)cnc1Cc1nc(-c2ccc(NC(N)=O)cc2)cs1. The zero-order chi connectivity index (χ0) is 16.4. The summed E-state index contributed by atoms with van der Waals surface area (Å²) >= 11 is 7.57. The first-order chi connectivity index (χ1) is 11.0. The molecule has 0 saturated carbocycles. The Bertz CT molecular complexity index is 840. The van der Waals surface area contributed by atoms with Crippen LogP contribution in [0.5, 0.6) is 0 Å². The molecule has 0 bridgehead atoms. The van der Waals surface area contributed by atoms with Gasteiger partial charge in [0.25, 0.3) is 0 Å². The van der Waals surface area contributed by atoms with Gasteiger partial charge in [-0.3, -0.25) is 0 Å². The van der Waals surface area contributed by atoms with Crippen molar-refractivity contribution in [3.63, 3.8) is 0 Å². The highest BCUT2D eigenvalue weighted by Gasteiger charge is 2.10. The average Bonchev–Trinajstić information content (AvgIpc) is 3.10. The van der Waals surface area contributed by atoms with Crippen LogP contribution in [0.2, 0.25) is 5.15 Å². The van der Waals surface area contributed by atoms with Crippen molar-refractivity contribution in [2.45, 2.75) is 6.42 Å². The number of thiazole rings is 1. The van der Waals surface area contributed by atoms with Gasteiger partial charge in [-0.1, -0.05) is 23.7 Å². The zero-order valence-corrected chi connectivity index (χ0v) is 13.9. The first-order valence-electron chi connectivity index (χ1n) is 6.80. The number of imidazole rings is 1. The molecule has 0 unspecified atom stereocenters. The van der Waals surface area contributed by atoms with Gasteiger partial charge in [-0.15, -0.1) is 11.3 Å². The normalized spacial score (nSPS) is 10.7. The van der Waals surface area contributed by atoms with E-state index in [2.05, 4.69) is 15.3 Å². The third kappa shape index (κ3) is 3.52. The smallest absolute Gasteiger partial charge is 0.316 e. The van der Waals surface area contributed by atoms with Crippen molar-refractivity contribution in [3.8, 4) is 11.3 Å². The number of nitrogens with zero attached hydrogens (tertiary/aromatic N) is 3. The Morgan fingerprint density at radius 2 is 2.13 bits per heavy atom. The van der Waals surface area contributed by atoms with Crippen molar-refractivity contribution in [3.05, 3.63) is 51.8 Å². The molecular formula is C15H14ClN5OS. The van der Waals surface area contributed by atoms with Crippen LogP contribution < -0.4 is 11.1 Å². The maximum atomic E-state index is 10.8. The average molecular weight is 348 g/mol. The highest BCUT2D eigenvalue weighted by molar-refractivity contribution is 7.10. The van der Waals surface area contributed by atoms with Gasteiger partial charge in [-0.2, -0.15) is 0 Å². The second-order valence-corrected chi connectivity index (χ2v) is 6.26. The number of nitrogens with two attached hydrogens (primary N) is 1. The molecule has 8 heteroatoms. The molecular weight excluding hydrogens is 334 g/mol. The Morgan fingerprint density at radius 1 is 1.39 bits per heavy atom. The molecule has 0 spiro atoms. The summed E-state index contributed by atoms with van der Waals surface area (Å²) in [5.74, 6) is 0.872. The number of rotatable bonds is 4. The van der Waals surface area contributed by atoms with Gasteiger partial charge in [-0.25, -0.2) is 14.8 Å². The second kappa shape index (κ2) is 6.39. The van der Waals surface area contributed by atoms with E-state index >= 15 is 0 Å². The van der Waals surface area contributed by atoms with E-state index in [1.807, 2.05) is 29.1 Å². The molecule has 0 aliphatic carbocycles. The van der Waals surface area contributed by atoms with Crippen LogP contribution >= 0.6 is 22.9 Å². The number of benzene rings is 1. The first-order valence-corrected chi connectivity index (χ1v) is 8.06. The quantitative estimate of drug-likeness (QED) is 0.759. The zero-order valence-electron chi connectivity index (χ0n) is 12.3. The number of carbonyl (C=O) groups excluding carboxylic acids is 1. The van der Waals surface area contributed by atoms with Gasteiger partial charge in [0.2, 0.25) is 0 Å². The van der Waals surface area contributed by atoms with Crippen LogP contribution in [0.1, 0.15) is 10.8 Å². The fourth-order valence-electron chi connectivity index (χ4n) is 2.12. The minimum atomic E-state index is -0.581. The molecule has 0 radical (unpaired) electrons. The fourth-order valence-corrected chi connectivity index (χ4v) is 3.06. The van der Waals surface area contributed by atoms with Gasteiger partial charge in [0, 0.05) is 23.7 Å². The predicted molar refractivity (Wildman–Crippen MR) is 91.8 cm³/mol. The molecule has 3 rings (SSSR count). The molecule has 6 nitrogen and oxygen atoms in total. The Balaban J connectivity index is 1.76. The molecule has 0 atom stereocenters. The second-order valence-electron chi connectivity index (χ2n) is 4.93. The van der Waals surface area contributed by atoms with Crippen LogP contribution in [0.3, 0.4) is 0 Å². The monoisotopic (exact) mass is 347 g/mol. The molecule has 1 aromatic carbocycles. The third-order valence-corrected chi connectivity index (χ3v) is 4.54. The summed E-state index contributed by atoms with van der Waals surface area (Å²) in [4.78, 5) is 19.7. The van der Waals surface area contributed by atoms with Crippen LogP contribution in [0.25, 0.3) is 11.3 Å². The summed E-state index contributed by atoms with van der Waals surface area (Å²) < 4.78 is 1.84. The minimum Gasteiger partial charge on any atom is -0.351 e. The fraction of sp³-hybridized carbons (Fsp3) is 0.133. The van der Waals surface area contributed by atoms with Crippen molar-refractivity contribution in [2.75, 3.05) is 5.32 Å². The maximum absolute atomic E-state index is 10.8. The van der Waals surface area contributed by atoms with Crippen molar-refractivity contribution in [1.82, 2.24) is 14.5 Å². The van der Waals surface area contributed by atoms with Crippen LogP contribution in [-0.2, 0) is 13.5 Å². The predicted octanol–water partition coefficient (Wildman–Crippen LogP) is 3.28. The topological polar surface area (TPSA) is 85.8 Å². The number of hydrogen-bond donors (Lipinski definition) is 2. The van der Waals surface area contributed by atoms with Crippen molar-refractivity contribution in [2.24, 2.45) is 12.8 Å². The van der Waals surface area contributed by atoms with Gasteiger partial charge < -0.3 is 15.6 Å². The molecule has 3 N–H and O–H groups in total. The first kappa shape index (κ1) is 15.5. The van der Waals surface area contributed by atoms with Gasteiger partial charge in [0.1, 0.15) is 16.0 Å². The number of hydrogen-bond acceptors (Lipinski definition) is 4. The third-order valence-electron chi connectivity index (χ3n) is 3.34. The lowest BCUT2D eigenvalue weighted by atomic mass is 10.1. The number of nitrogens with one attached hydrogen (secondary N) is 1. The lowest BCUT2D eigenvalue weighted by Crippen LogP contribution is -2.19. The molecule has 3 aromatic rings. The number of amides is 2. The number of carbonyl (C=O) groups is 1. The van der Waals surface area contributed by atoms with Gasteiger partial charge in [0.15, 0.2) is 0 Å². The highest BCUT2D eigenvalue weighted by Crippen LogP contribution is 2.25. The molecule has 0 fully saturated rings. The number of urea groups is 1. The van der Waals surface area contributed by atoms with E-state index in [-0.39, 0.29) is 0 Å². The summed E-state index contributed by atoms with van der Waals surface area (Å²) in [7, 11) is 1.88. The Kier molecular flexibility index (Phi) is 4.31. The Morgan fingerprint density at radius 3 is 2.74 bits per heavy atom. The van der Waals surface area contributed by atoms with E-state index in [0.717, 1.165) is 22.1 Å². The summed E-state index contributed by atoms with van der Waals surface area (Å²) in [5, 5.41) is 6.09. The van der Waals surface area contributed by atoms with Gasteiger partial charge >= 0.3 is 6.03 Å². The largest absolute Gasteiger partial charge is 0.351 e. The molecule has 0 aliphatic rings. The van der Waals surface area contributed by atoms with E-state index in [1.54, 1.807) is 29.7 Å². The highest BCUT2D eigenvalue weighted by atomic mass is 35.5. The lowest BCUT2D eigenvalue weighted by molar-refractivity contribution is 0.259. The van der Waals surface area contributed by atoms with Gasteiger partial charge in [0.05, 0.1) is 18.3 Å². The summed E-state index contributed by atoms with van der Waals surface area (Å²) in [6.45, 7) is 0. The summed E-state index contributed by atoms with van der Waals surface area (Å²) in [5.41, 5.74) is 7.60. The molecule has 2 heterocycles. The minimum absolute atomic E-state index is 0.581.